The number of amidine groups is 1. The normalized spacial score (nSPS) is 12.9. The molecule has 0 aromatic heterocycles. The summed E-state index contributed by atoms with van der Waals surface area (Å²) in [5.41, 5.74) is 12.4. The molecule has 1 aromatic carbocycles. The Hall–Kier alpha value is -2.46. The fourth-order valence-electron chi connectivity index (χ4n) is 3.22. The van der Waals surface area contributed by atoms with Gasteiger partial charge in [0.2, 0.25) is 0 Å². The average Bonchev–Trinajstić information content (AvgIpc) is 2.71. The standard InChI is InChI=1S/C28H43N3.CH5N/c1-12-13-22(6)30-27(31-23(7)19(2)3)24(8)29-18-25-14-15-26(20(4)16-25)21(5)17-28(9,10)11;1-2/h13-16,19,29H,5,8,12,17-18H2,1-4,6-7,9-11H3;2H2,1H3/b22-13+,30-27?,31-23?;. The molecule has 0 fully saturated rings. The first-order chi connectivity index (χ1) is 15.3. The summed E-state index contributed by atoms with van der Waals surface area (Å²) in [6, 6.07) is 6.58. The second-order valence-electron chi connectivity index (χ2n) is 9.92. The van der Waals surface area contributed by atoms with Gasteiger partial charge in [-0.05, 0) is 74.3 Å². The number of aliphatic imine (C=N–C) groups is 2. The lowest BCUT2D eigenvalue weighted by Gasteiger charge is -2.21. The zero-order chi connectivity index (χ0) is 25.8. The Balaban J connectivity index is 0.00000497. The van der Waals surface area contributed by atoms with Crippen molar-refractivity contribution >= 4 is 17.1 Å². The molecule has 0 bridgehead atoms. The number of nitrogens with zero attached hydrogens (tertiary/aromatic N) is 2. The molecule has 1 aromatic rings. The minimum absolute atomic E-state index is 0.232. The zero-order valence-electron chi connectivity index (χ0n) is 22.9. The second kappa shape index (κ2) is 14.6. The van der Waals surface area contributed by atoms with Crippen molar-refractivity contribution in [1.29, 1.82) is 0 Å². The molecule has 0 amide bonds. The summed E-state index contributed by atoms with van der Waals surface area (Å²) in [6.45, 7) is 28.5. The van der Waals surface area contributed by atoms with E-state index in [4.69, 9.17) is 9.98 Å². The molecule has 184 valence electrons. The Bertz CT molecular complexity index is 877. The Morgan fingerprint density at radius 1 is 1.12 bits per heavy atom. The molecule has 0 unspecified atom stereocenters. The Kier molecular flexibility index (Phi) is 13.5. The van der Waals surface area contributed by atoms with E-state index < -0.39 is 0 Å². The van der Waals surface area contributed by atoms with Crippen molar-refractivity contribution in [1.82, 2.24) is 5.32 Å². The molecular formula is C29H48N4. The summed E-state index contributed by atoms with van der Waals surface area (Å²) in [6.07, 6.45) is 4.03. The Labute approximate surface area is 203 Å². The van der Waals surface area contributed by atoms with Crippen molar-refractivity contribution in [2.24, 2.45) is 27.1 Å². The Morgan fingerprint density at radius 3 is 2.21 bits per heavy atom. The van der Waals surface area contributed by atoms with Crippen molar-refractivity contribution in [3.63, 3.8) is 0 Å². The molecule has 0 saturated heterocycles. The first-order valence-electron chi connectivity index (χ1n) is 11.9. The van der Waals surface area contributed by atoms with E-state index in [1.807, 2.05) is 13.8 Å². The zero-order valence-corrected chi connectivity index (χ0v) is 22.9. The maximum absolute atomic E-state index is 4.75. The number of hydrogen-bond acceptors (Lipinski definition) is 3. The number of benzene rings is 1. The number of rotatable bonds is 9. The van der Waals surface area contributed by atoms with Crippen molar-refractivity contribution in [2.75, 3.05) is 7.05 Å². The van der Waals surface area contributed by atoms with Crippen molar-refractivity contribution in [3.05, 3.63) is 65.5 Å². The van der Waals surface area contributed by atoms with E-state index in [1.54, 1.807) is 0 Å². The van der Waals surface area contributed by atoms with Crippen molar-refractivity contribution in [2.45, 2.75) is 81.7 Å². The number of allylic oxidation sites excluding steroid dienone is 3. The maximum atomic E-state index is 4.75. The maximum Gasteiger partial charge on any atom is 0.175 e. The number of nitrogens with one attached hydrogen (secondary N) is 1. The lowest BCUT2D eigenvalue weighted by molar-refractivity contribution is 0.427. The molecule has 33 heavy (non-hydrogen) atoms. The van der Waals surface area contributed by atoms with Crippen LogP contribution >= 0.6 is 0 Å². The summed E-state index contributed by atoms with van der Waals surface area (Å²) >= 11 is 0. The number of nitrogens with two attached hydrogens (primary N) is 1. The fraction of sp³-hybridized carbons (Fsp3) is 0.517. The molecule has 0 aliphatic rings. The van der Waals surface area contributed by atoms with Gasteiger partial charge >= 0.3 is 0 Å². The predicted octanol–water partition coefficient (Wildman–Crippen LogP) is 7.45. The second-order valence-corrected chi connectivity index (χ2v) is 9.92. The third kappa shape index (κ3) is 11.8. The van der Waals surface area contributed by atoms with Crippen LogP contribution in [-0.2, 0) is 6.54 Å². The lowest BCUT2D eigenvalue weighted by Crippen LogP contribution is -2.20. The van der Waals surface area contributed by atoms with Crippen LogP contribution in [0, 0.1) is 18.3 Å². The Morgan fingerprint density at radius 2 is 1.73 bits per heavy atom. The first kappa shape index (κ1) is 30.5. The molecule has 1 rings (SSSR count). The molecular weight excluding hydrogens is 404 g/mol. The van der Waals surface area contributed by atoms with Gasteiger partial charge in [0, 0.05) is 18.0 Å². The molecule has 4 nitrogen and oxygen atoms in total. The highest BCUT2D eigenvalue weighted by molar-refractivity contribution is 6.06. The molecule has 0 aliphatic carbocycles. The van der Waals surface area contributed by atoms with Crippen LogP contribution in [0.4, 0.5) is 0 Å². The van der Waals surface area contributed by atoms with Crippen LogP contribution in [0.25, 0.3) is 5.57 Å². The minimum Gasteiger partial charge on any atom is -0.378 e. The molecule has 0 radical (unpaired) electrons. The van der Waals surface area contributed by atoms with Gasteiger partial charge in [0.25, 0.3) is 0 Å². The van der Waals surface area contributed by atoms with Gasteiger partial charge in [0.15, 0.2) is 5.84 Å². The van der Waals surface area contributed by atoms with Crippen LogP contribution in [0.15, 0.2) is 58.8 Å². The summed E-state index contributed by atoms with van der Waals surface area (Å²) in [7, 11) is 1.50. The van der Waals surface area contributed by atoms with Crippen LogP contribution in [0.1, 0.15) is 84.9 Å². The van der Waals surface area contributed by atoms with E-state index in [2.05, 4.69) is 96.9 Å². The highest BCUT2D eigenvalue weighted by atomic mass is 15.0. The van der Waals surface area contributed by atoms with Gasteiger partial charge in [-0.2, -0.15) is 0 Å². The van der Waals surface area contributed by atoms with Gasteiger partial charge in [-0.1, -0.05) is 79.0 Å². The molecule has 0 heterocycles. The smallest absolute Gasteiger partial charge is 0.175 e. The van der Waals surface area contributed by atoms with E-state index in [9.17, 15) is 0 Å². The molecule has 0 atom stereocenters. The molecule has 4 heteroatoms. The quantitative estimate of drug-likeness (QED) is 0.302. The van der Waals surface area contributed by atoms with Crippen molar-refractivity contribution < 1.29 is 0 Å². The highest BCUT2D eigenvalue weighted by Crippen LogP contribution is 2.30. The van der Waals surface area contributed by atoms with Crippen LogP contribution < -0.4 is 11.1 Å². The fourth-order valence-corrected chi connectivity index (χ4v) is 3.22. The van der Waals surface area contributed by atoms with Crippen LogP contribution in [0.5, 0.6) is 0 Å². The van der Waals surface area contributed by atoms with E-state index in [-0.39, 0.29) is 5.41 Å². The molecule has 3 N–H and O–H groups in total. The highest BCUT2D eigenvalue weighted by Gasteiger charge is 2.14. The minimum atomic E-state index is 0.232. The van der Waals surface area contributed by atoms with E-state index in [0.717, 1.165) is 29.9 Å². The molecule has 0 saturated carbocycles. The summed E-state index contributed by atoms with van der Waals surface area (Å²) in [5.74, 6) is 1.02. The molecule has 0 aliphatic heterocycles. The lowest BCUT2D eigenvalue weighted by atomic mass is 9.84. The van der Waals surface area contributed by atoms with Gasteiger partial charge in [0.05, 0.1) is 5.70 Å². The molecule has 0 spiro atoms. The SMILES string of the molecule is C=C(NCc1ccc(C(=C)CC(C)(C)C)c(C)c1)C(=N/C(C)=C/CC)N=C(C)C(C)C.CN. The van der Waals surface area contributed by atoms with Gasteiger partial charge < -0.3 is 11.1 Å². The largest absolute Gasteiger partial charge is 0.378 e. The number of aryl methyl sites for hydroxylation is 1. The average molecular weight is 453 g/mol. The first-order valence-corrected chi connectivity index (χ1v) is 11.9. The van der Waals surface area contributed by atoms with E-state index >= 15 is 0 Å². The van der Waals surface area contributed by atoms with Gasteiger partial charge in [0.1, 0.15) is 0 Å². The monoisotopic (exact) mass is 452 g/mol. The summed E-state index contributed by atoms with van der Waals surface area (Å²) < 4.78 is 0. The van der Waals surface area contributed by atoms with Crippen LogP contribution in [-0.4, -0.2) is 18.6 Å². The third-order valence-corrected chi connectivity index (χ3v) is 5.09. The topological polar surface area (TPSA) is 62.8 Å². The van der Waals surface area contributed by atoms with Gasteiger partial charge in [-0.3, -0.25) is 0 Å². The van der Waals surface area contributed by atoms with E-state index in [0.29, 0.717) is 18.3 Å². The van der Waals surface area contributed by atoms with Crippen LogP contribution in [0.2, 0.25) is 0 Å². The van der Waals surface area contributed by atoms with Crippen LogP contribution in [0.3, 0.4) is 0 Å². The predicted molar refractivity (Wildman–Crippen MR) is 150 cm³/mol. The number of hydrogen-bond donors (Lipinski definition) is 2. The van der Waals surface area contributed by atoms with Gasteiger partial charge in [-0.15, -0.1) is 0 Å². The summed E-state index contributed by atoms with van der Waals surface area (Å²) in [4.78, 5) is 9.46. The van der Waals surface area contributed by atoms with E-state index in [1.165, 1.54) is 29.3 Å². The summed E-state index contributed by atoms with van der Waals surface area (Å²) in [5, 5.41) is 3.42. The third-order valence-electron chi connectivity index (χ3n) is 5.09. The van der Waals surface area contributed by atoms with Gasteiger partial charge in [-0.25, -0.2) is 9.98 Å². The van der Waals surface area contributed by atoms with Crippen molar-refractivity contribution in [3.8, 4) is 0 Å².